The molecule has 2 atom stereocenters. The lowest BCUT2D eigenvalue weighted by atomic mass is 9.87. The molecule has 0 spiro atoms. The smallest absolute Gasteiger partial charge is 0.252 e. The highest BCUT2D eigenvalue weighted by atomic mass is 79.9. The van der Waals surface area contributed by atoms with Crippen LogP contribution in [0.2, 0.25) is 0 Å². The number of carbonyl (C=O) groups excluding carboxylic acids is 1. The summed E-state index contributed by atoms with van der Waals surface area (Å²) in [6, 6.07) is 4.34. The van der Waals surface area contributed by atoms with Crippen LogP contribution in [0.25, 0.3) is 0 Å². The van der Waals surface area contributed by atoms with Crippen molar-refractivity contribution in [1.82, 2.24) is 10.0 Å². The van der Waals surface area contributed by atoms with Crippen molar-refractivity contribution in [3.8, 4) is 0 Å². The summed E-state index contributed by atoms with van der Waals surface area (Å²) in [5.74, 6) is -0.102. The van der Waals surface area contributed by atoms with Crippen molar-refractivity contribution in [3.63, 3.8) is 0 Å². The van der Waals surface area contributed by atoms with E-state index >= 15 is 0 Å². The minimum atomic E-state index is -3.71. The molecule has 0 aliphatic heterocycles. The van der Waals surface area contributed by atoms with Gasteiger partial charge in [0.15, 0.2) is 0 Å². The second-order valence-corrected chi connectivity index (χ2v) is 9.05. The van der Waals surface area contributed by atoms with E-state index in [1.807, 2.05) is 0 Å². The molecule has 7 nitrogen and oxygen atoms in total. The van der Waals surface area contributed by atoms with Crippen LogP contribution in [-0.2, 0) is 14.8 Å². The number of rotatable bonds is 8. The summed E-state index contributed by atoms with van der Waals surface area (Å²) in [4.78, 5) is 12.5. The third kappa shape index (κ3) is 6.02. The van der Waals surface area contributed by atoms with Crippen molar-refractivity contribution in [2.75, 3.05) is 26.8 Å². The molecule has 3 N–H and O–H groups in total. The molecule has 26 heavy (non-hydrogen) atoms. The summed E-state index contributed by atoms with van der Waals surface area (Å²) in [7, 11) is -2.22. The number of hydrogen-bond donors (Lipinski definition) is 3. The van der Waals surface area contributed by atoms with Crippen molar-refractivity contribution in [3.05, 3.63) is 28.2 Å². The Morgan fingerprint density at radius 2 is 2.15 bits per heavy atom. The summed E-state index contributed by atoms with van der Waals surface area (Å²) in [5, 5.41) is 12.6. The summed E-state index contributed by atoms with van der Waals surface area (Å²) >= 11 is 3.30. The quantitative estimate of drug-likeness (QED) is 0.524. The molecular weight excluding hydrogens is 424 g/mol. The fraction of sp³-hybridized carbons (Fsp3) is 0.588. The molecule has 0 bridgehead atoms. The summed E-state index contributed by atoms with van der Waals surface area (Å²) in [5.41, 5.74) is 0.260. The largest absolute Gasteiger partial charge is 0.393 e. The molecule has 1 aromatic carbocycles. The van der Waals surface area contributed by atoms with Crippen LogP contribution in [0.1, 0.15) is 36.0 Å². The second-order valence-electron chi connectivity index (χ2n) is 6.43. The Kier molecular flexibility index (Phi) is 8.03. The number of aliphatic hydroxyl groups is 1. The third-order valence-electron chi connectivity index (χ3n) is 4.40. The molecule has 1 amide bonds. The van der Waals surface area contributed by atoms with Crippen LogP contribution in [-0.4, -0.2) is 52.3 Å². The van der Waals surface area contributed by atoms with E-state index in [1.54, 1.807) is 6.07 Å². The molecule has 1 aromatic rings. The highest BCUT2D eigenvalue weighted by Gasteiger charge is 2.22. The first-order chi connectivity index (χ1) is 12.3. The molecule has 1 saturated carbocycles. The van der Waals surface area contributed by atoms with Gasteiger partial charge in [-0.05, 0) is 59.3 Å². The maximum atomic E-state index is 12.5. The first kappa shape index (κ1) is 21.3. The predicted molar refractivity (Wildman–Crippen MR) is 102 cm³/mol. The van der Waals surface area contributed by atoms with E-state index in [-0.39, 0.29) is 41.5 Å². The van der Waals surface area contributed by atoms with E-state index in [0.29, 0.717) is 17.4 Å². The van der Waals surface area contributed by atoms with E-state index in [9.17, 15) is 18.3 Å². The molecule has 0 radical (unpaired) electrons. The van der Waals surface area contributed by atoms with Gasteiger partial charge in [-0.2, -0.15) is 0 Å². The lowest BCUT2D eigenvalue weighted by molar-refractivity contribution is 0.0873. The lowest BCUT2D eigenvalue weighted by Crippen LogP contribution is -2.33. The van der Waals surface area contributed by atoms with E-state index < -0.39 is 10.0 Å². The van der Waals surface area contributed by atoms with Crippen LogP contribution in [0.15, 0.2) is 27.6 Å². The van der Waals surface area contributed by atoms with Gasteiger partial charge in [-0.3, -0.25) is 4.79 Å². The normalized spacial score (nSPS) is 20.7. The fourth-order valence-corrected chi connectivity index (χ4v) is 4.45. The number of carbonyl (C=O) groups is 1. The van der Waals surface area contributed by atoms with E-state index in [2.05, 4.69) is 26.0 Å². The van der Waals surface area contributed by atoms with Crippen LogP contribution in [0.5, 0.6) is 0 Å². The molecule has 1 aliphatic carbocycles. The average molecular weight is 449 g/mol. The maximum Gasteiger partial charge on any atom is 0.252 e. The molecule has 9 heteroatoms. The maximum absolute atomic E-state index is 12.5. The van der Waals surface area contributed by atoms with Gasteiger partial charge >= 0.3 is 0 Å². The van der Waals surface area contributed by atoms with Gasteiger partial charge in [0.05, 0.1) is 23.2 Å². The Hall–Kier alpha value is -1.00. The molecule has 1 aliphatic rings. The molecule has 146 valence electrons. The number of hydrogen-bond acceptors (Lipinski definition) is 5. The first-order valence-corrected chi connectivity index (χ1v) is 10.9. The Balaban J connectivity index is 2.04. The molecular formula is C17H25BrN2O5S. The molecule has 0 aromatic heterocycles. The minimum Gasteiger partial charge on any atom is -0.393 e. The number of methoxy groups -OCH3 is 1. The van der Waals surface area contributed by atoms with Crippen LogP contribution >= 0.6 is 15.9 Å². The Labute approximate surface area is 162 Å². The van der Waals surface area contributed by atoms with Gasteiger partial charge in [-0.1, -0.05) is 6.42 Å². The Morgan fingerprint density at radius 1 is 1.38 bits per heavy atom. The number of nitrogens with one attached hydrogen (secondary N) is 2. The summed E-state index contributed by atoms with van der Waals surface area (Å²) in [6.45, 7) is 0.877. The van der Waals surface area contributed by atoms with Crippen LogP contribution in [0, 0.1) is 5.92 Å². The standard InChI is InChI=1S/C17H25BrN2O5S/c1-25-8-7-20-26(23,24)14-5-6-16(18)15(10-14)17(22)19-11-12-3-2-4-13(21)9-12/h5-6,10,12-13,20-21H,2-4,7-9,11H2,1H3,(H,19,22)/t12-,13-/m1/s1. The second kappa shape index (κ2) is 9.80. The van der Waals surface area contributed by atoms with Gasteiger partial charge in [0.1, 0.15) is 0 Å². The average Bonchev–Trinajstić information content (AvgIpc) is 2.60. The molecule has 0 unspecified atom stereocenters. The van der Waals surface area contributed by atoms with Crippen molar-refractivity contribution >= 4 is 31.9 Å². The predicted octanol–water partition coefficient (Wildman–Crippen LogP) is 1.65. The molecule has 2 rings (SSSR count). The van der Waals surface area contributed by atoms with Crippen LogP contribution in [0.4, 0.5) is 0 Å². The highest BCUT2D eigenvalue weighted by Crippen LogP contribution is 2.24. The topological polar surface area (TPSA) is 105 Å². The van der Waals surface area contributed by atoms with E-state index in [0.717, 1.165) is 19.3 Å². The fourth-order valence-electron chi connectivity index (χ4n) is 2.99. The minimum absolute atomic E-state index is 0.0232. The SMILES string of the molecule is COCCNS(=O)(=O)c1ccc(Br)c(C(=O)NC[C@@H]2CCC[C@@H](O)C2)c1. The van der Waals surface area contributed by atoms with Crippen LogP contribution < -0.4 is 10.0 Å². The third-order valence-corrected chi connectivity index (χ3v) is 6.55. The van der Waals surface area contributed by atoms with Crippen molar-refractivity contribution in [1.29, 1.82) is 0 Å². The van der Waals surface area contributed by atoms with Gasteiger partial charge in [0, 0.05) is 24.7 Å². The van der Waals surface area contributed by atoms with Gasteiger partial charge in [0.2, 0.25) is 10.0 Å². The Morgan fingerprint density at radius 3 is 2.85 bits per heavy atom. The van der Waals surface area contributed by atoms with Crippen molar-refractivity contribution < 1.29 is 23.1 Å². The highest BCUT2D eigenvalue weighted by molar-refractivity contribution is 9.10. The zero-order valence-electron chi connectivity index (χ0n) is 14.7. The number of sulfonamides is 1. The first-order valence-electron chi connectivity index (χ1n) is 8.58. The van der Waals surface area contributed by atoms with E-state index in [4.69, 9.17) is 4.74 Å². The number of benzene rings is 1. The van der Waals surface area contributed by atoms with Gasteiger partial charge < -0.3 is 15.2 Å². The summed E-state index contributed by atoms with van der Waals surface area (Å²) < 4.78 is 32.4. The Bertz CT molecular complexity index is 726. The van der Waals surface area contributed by atoms with Gasteiger partial charge in [-0.15, -0.1) is 0 Å². The summed E-state index contributed by atoms with van der Waals surface area (Å²) in [6.07, 6.45) is 3.11. The number of ether oxygens (including phenoxy) is 1. The van der Waals surface area contributed by atoms with Gasteiger partial charge in [-0.25, -0.2) is 13.1 Å². The monoisotopic (exact) mass is 448 g/mol. The number of amides is 1. The van der Waals surface area contributed by atoms with E-state index in [1.165, 1.54) is 19.2 Å². The lowest BCUT2D eigenvalue weighted by Gasteiger charge is -2.26. The van der Waals surface area contributed by atoms with Crippen LogP contribution in [0.3, 0.4) is 0 Å². The molecule has 0 heterocycles. The van der Waals surface area contributed by atoms with Crippen molar-refractivity contribution in [2.45, 2.75) is 36.7 Å². The zero-order valence-corrected chi connectivity index (χ0v) is 17.1. The molecule has 1 fully saturated rings. The van der Waals surface area contributed by atoms with Crippen molar-refractivity contribution in [2.24, 2.45) is 5.92 Å². The number of aliphatic hydroxyl groups excluding tert-OH is 1. The zero-order chi connectivity index (χ0) is 19.2. The number of halogens is 1. The molecule has 0 saturated heterocycles. The van der Waals surface area contributed by atoms with Gasteiger partial charge in [0.25, 0.3) is 5.91 Å².